The fraction of sp³-hybridized carbons (Fsp3) is 0.474. The molecule has 0 radical (unpaired) electrons. The molecule has 1 aliphatic heterocycles. The van der Waals surface area contributed by atoms with Crippen LogP contribution in [-0.4, -0.2) is 67.7 Å². The molecule has 2 heterocycles. The maximum atomic E-state index is 12.7. The van der Waals surface area contributed by atoms with E-state index in [0.717, 1.165) is 0 Å². The number of hydrogen-bond acceptors (Lipinski definition) is 7. The number of nitrogens with one attached hydrogen (secondary N) is 1. The van der Waals surface area contributed by atoms with Crippen molar-refractivity contribution in [2.24, 2.45) is 0 Å². The number of morpholine rings is 1. The zero-order valence-electron chi connectivity index (χ0n) is 17.0. The van der Waals surface area contributed by atoms with Gasteiger partial charge >= 0.3 is 0 Å². The molecule has 0 bridgehead atoms. The third-order valence-electron chi connectivity index (χ3n) is 4.35. The molecular formula is C19H26N4O6S. The van der Waals surface area contributed by atoms with Crippen LogP contribution in [-0.2, 0) is 26.1 Å². The van der Waals surface area contributed by atoms with Gasteiger partial charge < -0.3 is 24.1 Å². The highest BCUT2D eigenvalue weighted by molar-refractivity contribution is 7.89. The first-order valence-electron chi connectivity index (χ1n) is 9.73. The maximum Gasteiger partial charge on any atom is 0.262 e. The van der Waals surface area contributed by atoms with Gasteiger partial charge in [0.15, 0.2) is 5.03 Å². The number of rotatable bonds is 9. The number of ether oxygens (including phenoxy) is 3. The molecule has 3 rings (SSSR count). The fourth-order valence-corrected chi connectivity index (χ4v) is 4.32. The largest absolute Gasteiger partial charge is 0.494 e. The molecule has 0 atom stereocenters. The molecule has 1 saturated heterocycles. The lowest BCUT2D eigenvalue weighted by Gasteiger charge is -2.24. The first-order valence-corrected chi connectivity index (χ1v) is 11.2. The zero-order chi connectivity index (χ0) is 21.6. The van der Waals surface area contributed by atoms with Crippen LogP contribution in [0.3, 0.4) is 0 Å². The molecule has 0 unspecified atom stereocenters. The van der Waals surface area contributed by atoms with Crippen LogP contribution in [0.15, 0.2) is 35.7 Å². The Kier molecular flexibility index (Phi) is 7.29. The Hall–Kier alpha value is -2.63. The molecule has 1 aromatic carbocycles. The molecule has 0 spiro atoms. The summed E-state index contributed by atoms with van der Waals surface area (Å²) in [5, 5.41) is 2.69. The van der Waals surface area contributed by atoms with Crippen LogP contribution < -0.4 is 14.8 Å². The number of anilines is 1. The minimum absolute atomic E-state index is 0.0921. The van der Waals surface area contributed by atoms with Crippen molar-refractivity contribution in [2.45, 2.75) is 25.4 Å². The van der Waals surface area contributed by atoms with Crippen LogP contribution in [0, 0.1) is 0 Å². The highest BCUT2D eigenvalue weighted by Crippen LogP contribution is 2.29. The Balaban J connectivity index is 1.69. The van der Waals surface area contributed by atoms with E-state index in [1.165, 1.54) is 21.4 Å². The first-order chi connectivity index (χ1) is 14.4. The summed E-state index contributed by atoms with van der Waals surface area (Å²) in [6, 6.07) is 5.19. The van der Waals surface area contributed by atoms with E-state index in [0.29, 0.717) is 43.6 Å². The van der Waals surface area contributed by atoms with Gasteiger partial charge in [-0.2, -0.15) is 4.31 Å². The van der Waals surface area contributed by atoms with E-state index in [9.17, 15) is 13.2 Å². The van der Waals surface area contributed by atoms with Gasteiger partial charge in [-0.3, -0.25) is 4.79 Å². The second-order valence-electron chi connectivity index (χ2n) is 6.47. The average molecular weight is 439 g/mol. The summed E-state index contributed by atoms with van der Waals surface area (Å²) in [5.74, 6) is 0.783. The van der Waals surface area contributed by atoms with Crippen LogP contribution in [0.5, 0.6) is 11.5 Å². The summed E-state index contributed by atoms with van der Waals surface area (Å²) < 4.78 is 44.3. The predicted molar refractivity (Wildman–Crippen MR) is 109 cm³/mol. The second-order valence-corrected chi connectivity index (χ2v) is 8.36. The first kappa shape index (κ1) is 22.1. The Bertz CT molecular complexity index is 969. The third-order valence-corrected chi connectivity index (χ3v) is 6.13. The monoisotopic (exact) mass is 438 g/mol. The molecule has 1 aromatic heterocycles. The zero-order valence-corrected chi connectivity index (χ0v) is 17.9. The van der Waals surface area contributed by atoms with E-state index in [-0.39, 0.29) is 30.6 Å². The predicted octanol–water partition coefficient (Wildman–Crippen LogP) is 1.34. The molecular weight excluding hydrogens is 412 g/mol. The number of carbonyl (C=O) groups is 1. The Labute approximate surface area is 175 Å². The molecule has 1 aliphatic rings. The van der Waals surface area contributed by atoms with Crippen molar-refractivity contribution in [3.63, 3.8) is 0 Å². The number of carbonyl (C=O) groups excluding carboxylic acids is 1. The van der Waals surface area contributed by atoms with E-state index in [1.54, 1.807) is 18.2 Å². The minimum atomic E-state index is -3.71. The highest BCUT2D eigenvalue weighted by Gasteiger charge is 2.28. The van der Waals surface area contributed by atoms with E-state index in [4.69, 9.17) is 14.2 Å². The Morgan fingerprint density at radius 1 is 1.20 bits per heavy atom. The summed E-state index contributed by atoms with van der Waals surface area (Å²) in [5.41, 5.74) is 0.481. The standard InChI is InChI=1S/C19H26N4O6S/c1-3-28-15-5-6-17(29-4-2)16(11-15)21-18(24)12-22-13-19(20-14-22)30(25,26)23-7-9-27-10-8-23/h5-6,11,13-14H,3-4,7-10,12H2,1-2H3,(H,21,24). The molecule has 0 saturated carbocycles. The van der Waals surface area contributed by atoms with Gasteiger partial charge in [-0.1, -0.05) is 0 Å². The van der Waals surface area contributed by atoms with Crippen LogP contribution in [0.4, 0.5) is 5.69 Å². The summed E-state index contributed by atoms with van der Waals surface area (Å²) >= 11 is 0. The van der Waals surface area contributed by atoms with Crippen molar-refractivity contribution in [1.82, 2.24) is 13.9 Å². The van der Waals surface area contributed by atoms with E-state index < -0.39 is 10.0 Å². The van der Waals surface area contributed by atoms with Gasteiger partial charge in [0.1, 0.15) is 18.0 Å². The van der Waals surface area contributed by atoms with E-state index in [2.05, 4.69) is 10.3 Å². The fourth-order valence-electron chi connectivity index (χ4n) is 2.98. The molecule has 164 valence electrons. The minimum Gasteiger partial charge on any atom is -0.494 e. The summed E-state index contributed by atoms with van der Waals surface area (Å²) in [4.78, 5) is 16.5. The van der Waals surface area contributed by atoms with Crippen molar-refractivity contribution in [3.8, 4) is 11.5 Å². The number of imidazole rings is 1. The number of aromatic nitrogens is 2. The van der Waals surface area contributed by atoms with Gasteiger partial charge in [-0.15, -0.1) is 0 Å². The molecule has 30 heavy (non-hydrogen) atoms. The summed E-state index contributed by atoms with van der Waals surface area (Å²) in [7, 11) is -3.71. The van der Waals surface area contributed by atoms with Crippen molar-refractivity contribution in [2.75, 3.05) is 44.8 Å². The molecule has 1 amide bonds. The highest BCUT2D eigenvalue weighted by atomic mass is 32.2. The summed E-state index contributed by atoms with van der Waals surface area (Å²) in [6.07, 6.45) is 2.68. The van der Waals surface area contributed by atoms with Crippen LogP contribution in [0.25, 0.3) is 0 Å². The number of sulfonamides is 1. The number of nitrogens with zero attached hydrogens (tertiary/aromatic N) is 3. The van der Waals surface area contributed by atoms with Gasteiger partial charge in [0.05, 0.1) is 38.4 Å². The van der Waals surface area contributed by atoms with E-state index >= 15 is 0 Å². The van der Waals surface area contributed by atoms with Gasteiger partial charge in [0.25, 0.3) is 10.0 Å². The number of hydrogen-bond donors (Lipinski definition) is 1. The molecule has 0 aliphatic carbocycles. The van der Waals surface area contributed by atoms with Crippen LogP contribution >= 0.6 is 0 Å². The SMILES string of the molecule is CCOc1ccc(OCC)c(NC(=O)Cn2cnc(S(=O)(=O)N3CCOCC3)c2)c1. The lowest BCUT2D eigenvalue weighted by atomic mass is 10.2. The van der Waals surface area contributed by atoms with Crippen molar-refractivity contribution in [3.05, 3.63) is 30.7 Å². The van der Waals surface area contributed by atoms with Crippen LogP contribution in [0.1, 0.15) is 13.8 Å². The van der Waals surface area contributed by atoms with Crippen molar-refractivity contribution < 1.29 is 27.4 Å². The average Bonchev–Trinajstić information content (AvgIpc) is 3.20. The van der Waals surface area contributed by atoms with Gasteiger partial charge in [-0.25, -0.2) is 13.4 Å². The molecule has 1 fully saturated rings. The Morgan fingerprint density at radius 3 is 2.63 bits per heavy atom. The van der Waals surface area contributed by atoms with Gasteiger partial charge in [0, 0.05) is 25.4 Å². The lowest BCUT2D eigenvalue weighted by Crippen LogP contribution is -2.40. The number of benzene rings is 1. The molecule has 1 N–H and O–H groups in total. The smallest absolute Gasteiger partial charge is 0.262 e. The maximum absolute atomic E-state index is 12.7. The van der Waals surface area contributed by atoms with Crippen molar-refractivity contribution in [1.29, 1.82) is 0 Å². The Morgan fingerprint density at radius 2 is 1.93 bits per heavy atom. The topological polar surface area (TPSA) is 112 Å². The van der Waals surface area contributed by atoms with Gasteiger partial charge in [-0.05, 0) is 26.0 Å². The molecule has 10 nitrogen and oxygen atoms in total. The molecule has 2 aromatic rings. The third kappa shape index (κ3) is 5.29. The number of amides is 1. The van der Waals surface area contributed by atoms with Gasteiger partial charge in [0.2, 0.25) is 5.91 Å². The normalized spacial score (nSPS) is 15.0. The van der Waals surface area contributed by atoms with Crippen LogP contribution in [0.2, 0.25) is 0 Å². The second kappa shape index (κ2) is 9.92. The van der Waals surface area contributed by atoms with Crippen molar-refractivity contribution >= 4 is 21.6 Å². The van der Waals surface area contributed by atoms with E-state index in [1.807, 2.05) is 13.8 Å². The molecule has 11 heteroatoms. The summed E-state index contributed by atoms with van der Waals surface area (Å²) in [6.45, 7) is 5.84. The quantitative estimate of drug-likeness (QED) is 0.629. The lowest BCUT2D eigenvalue weighted by molar-refractivity contribution is -0.116.